The van der Waals surface area contributed by atoms with Gasteiger partial charge >= 0.3 is 8.56 Å². The van der Waals surface area contributed by atoms with E-state index < -0.39 is 25.2 Å². The Labute approximate surface area is 135 Å². The van der Waals surface area contributed by atoms with E-state index in [0.717, 1.165) is 36.3 Å². The van der Waals surface area contributed by atoms with E-state index in [1.165, 1.54) is 0 Å². The summed E-state index contributed by atoms with van der Waals surface area (Å²) in [5.74, 6) is 5.66. The first-order valence-corrected chi connectivity index (χ1v) is 15.9. The predicted octanol–water partition coefficient (Wildman–Crippen LogP) is 4.96. The topological polar surface area (TPSA) is 18.5 Å². The zero-order valence-corrected chi connectivity index (χ0v) is 17.7. The van der Waals surface area contributed by atoms with Crippen molar-refractivity contribution in [2.45, 2.75) is 77.1 Å². The maximum absolute atomic E-state index is 6.65. The molecule has 0 aromatic carbocycles. The molecule has 0 bridgehead atoms. The first-order valence-electron chi connectivity index (χ1n) is 8.05. The molecule has 0 saturated heterocycles. The highest BCUT2D eigenvalue weighted by molar-refractivity contribution is 6.89. The van der Waals surface area contributed by atoms with Crippen molar-refractivity contribution in [2.75, 3.05) is 0 Å². The molecular formula is C16H32O2Si3. The molecule has 0 N–H and O–H groups in total. The molecule has 0 amide bonds. The molecule has 0 aliphatic heterocycles. The van der Waals surface area contributed by atoms with E-state index in [2.05, 4.69) is 52.6 Å². The first kappa shape index (κ1) is 20.7. The zero-order chi connectivity index (χ0) is 16.6. The Morgan fingerprint density at radius 1 is 0.714 bits per heavy atom. The molecule has 0 aromatic heterocycles. The monoisotopic (exact) mass is 340 g/mol. The second kappa shape index (κ2) is 8.97. The molecule has 0 aliphatic rings. The van der Waals surface area contributed by atoms with Gasteiger partial charge < -0.3 is 8.23 Å². The van der Waals surface area contributed by atoms with Crippen LogP contribution in [0, 0.1) is 24.7 Å². The summed E-state index contributed by atoms with van der Waals surface area (Å²) in [6.45, 7) is 13.1. The van der Waals surface area contributed by atoms with Crippen LogP contribution in [0.1, 0.15) is 27.7 Å². The van der Waals surface area contributed by atoms with Crippen LogP contribution in [0.25, 0.3) is 0 Å². The summed E-state index contributed by atoms with van der Waals surface area (Å²) in [6.07, 6.45) is 11.1. The van der Waals surface area contributed by atoms with Gasteiger partial charge in [-0.2, -0.15) is 0 Å². The molecule has 0 atom stereocenters. The lowest BCUT2D eigenvalue weighted by Gasteiger charge is -2.41. The van der Waals surface area contributed by atoms with E-state index in [1.807, 2.05) is 0 Å². The standard InChI is InChI=1S/C16H32O2Si3/c1-9-15-20(11-3,12-4)17-19(7,8)18-21(13-5,14-6)16-10-2/h1-2H,11-16H2,3-8H3. The summed E-state index contributed by atoms with van der Waals surface area (Å²) in [6, 6.07) is 5.76. The van der Waals surface area contributed by atoms with Crippen LogP contribution in [0.4, 0.5) is 0 Å². The van der Waals surface area contributed by atoms with E-state index in [9.17, 15) is 0 Å². The summed E-state index contributed by atoms with van der Waals surface area (Å²) >= 11 is 0. The van der Waals surface area contributed by atoms with Crippen LogP contribution in [0.5, 0.6) is 0 Å². The fourth-order valence-electron chi connectivity index (χ4n) is 2.80. The molecule has 21 heavy (non-hydrogen) atoms. The lowest BCUT2D eigenvalue weighted by atomic mass is 10.8. The minimum Gasteiger partial charge on any atom is -0.435 e. The van der Waals surface area contributed by atoms with Gasteiger partial charge in [0, 0.05) is 12.1 Å². The van der Waals surface area contributed by atoms with E-state index in [1.54, 1.807) is 0 Å². The zero-order valence-electron chi connectivity index (χ0n) is 14.7. The molecule has 120 valence electrons. The molecule has 0 heterocycles. The molecule has 0 aliphatic carbocycles. The van der Waals surface area contributed by atoms with E-state index in [-0.39, 0.29) is 0 Å². The second-order valence-electron chi connectivity index (χ2n) is 6.15. The number of hydrogen-bond donors (Lipinski definition) is 0. The van der Waals surface area contributed by atoms with Gasteiger partial charge in [-0.25, -0.2) is 0 Å². The Bertz CT molecular complexity index is 349. The SMILES string of the molecule is C#CC[Si](CC)(CC)O[Si](C)(C)O[Si](CC)(CC)CC#C. The average molecular weight is 341 g/mol. The molecule has 0 radical (unpaired) electrons. The second-order valence-corrected chi connectivity index (χ2v) is 18.8. The Morgan fingerprint density at radius 2 is 1.00 bits per heavy atom. The number of terminal acetylenes is 2. The minimum absolute atomic E-state index is 0.779. The van der Waals surface area contributed by atoms with Crippen LogP contribution < -0.4 is 0 Å². The van der Waals surface area contributed by atoms with Gasteiger partial charge in [0.15, 0.2) is 16.6 Å². The number of hydrogen-bond acceptors (Lipinski definition) is 2. The Balaban J connectivity index is 5.20. The molecule has 0 fully saturated rings. The molecule has 2 nitrogen and oxygen atoms in total. The highest BCUT2D eigenvalue weighted by Crippen LogP contribution is 2.31. The van der Waals surface area contributed by atoms with Gasteiger partial charge in [-0.05, 0) is 37.3 Å². The summed E-state index contributed by atoms with van der Waals surface area (Å²) in [7, 11) is -5.91. The third-order valence-corrected chi connectivity index (χ3v) is 18.6. The van der Waals surface area contributed by atoms with Crippen molar-refractivity contribution in [1.29, 1.82) is 0 Å². The van der Waals surface area contributed by atoms with Crippen LogP contribution >= 0.6 is 0 Å². The number of rotatable bonds is 10. The van der Waals surface area contributed by atoms with Gasteiger partial charge in [0.25, 0.3) is 0 Å². The maximum Gasteiger partial charge on any atom is 0.311 e. The summed E-state index contributed by atoms with van der Waals surface area (Å²) in [4.78, 5) is 0. The van der Waals surface area contributed by atoms with E-state index in [0.29, 0.717) is 0 Å². The van der Waals surface area contributed by atoms with Gasteiger partial charge in [0.1, 0.15) is 0 Å². The third kappa shape index (κ3) is 6.14. The van der Waals surface area contributed by atoms with Crippen molar-refractivity contribution in [3.8, 4) is 24.7 Å². The van der Waals surface area contributed by atoms with E-state index in [4.69, 9.17) is 21.1 Å². The van der Waals surface area contributed by atoms with Crippen molar-refractivity contribution in [1.82, 2.24) is 0 Å². The summed E-state index contributed by atoms with van der Waals surface area (Å²) in [5.41, 5.74) is 0. The van der Waals surface area contributed by atoms with Crippen LogP contribution in [0.2, 0.25) is 49.4 Å². The molecule has 5 heteroatoms. The van der Waals surface area contributed by atoms with Crippen molar-refractivity contribution >= 4 is 25.2 Å². The summed E-state index contributed by atoms with van der Waals surface area (Å²) in [5, 5.41) is 0. The molecule has 0 rings (SSSR count). The Kier molecular flexibility index (Phi) is 8.84. The fraction of sp³-hybridized carbons (Fsp3) is 0.750. The van der Waals surface area contributed by atoms with Crippen molar-refractivity contribution in [2.24, 2.45) is 0 Å². The lowest BCUT2D eigenvalue weighted by Crippen LogP contribution is -2.55. The van der Waals surface area contributed by atoms with Crippen LogP contribution in [0.15, 0.2) is 0 Å². The largest absolute Gasteiger partial charge is 0.435 e. The highest BCUT2D eigenvalue weighted by atomic mass is 28.5. The summed E-state index contributed by atoms with van der Waals surface area (Å²) < 4.78 is 13.3. The molecule has 0 unspecified atom stereocenters. The minimum atomic E-state index is -2.20. The van der Waals surface area contributed by atoms with Gasteiger partial charge in [0.2, 0.25) is 0 Å². The highest BCUT2D eigenvalue weighted by Gasteiger charge is 2.44. The van der Waals surface area contributed by atoms with Crippen molar-refractivity contribution < 1.29 is 8.23 Å². The van der Waals surface area contributed by atoms with Crippen LogP contribution in [0.3, 0.4) is 0 Å². The van der Waals surface area contributed by atoms with Gasteiger partial charge in [-0.3, -0.25) is 0 Å². The Morgan fingerprint density at radius 3 is 1.19 bits per heavy atom. The predicted molar refractivity (Wildman–Crippen MR) is 100 cm³/mol. The fourth-order valence-corrected chi connectivity index (χ4v) is 17.3. The quantitative estimate of drug-likeness (QED) is 0.413. The first-order chi connectivity index (χ1) is 9.78. The van der Waals surface area contributed by atoms with Gasteiger partial charge in [0.05, 0.1) is 0 Å². The Hall–Kier alpha value is -0.309. The normalized spacial score (nSPS) is 12.8. The lowest BCUT2D eigenvalue weighted by molar-refractivity contribution is 0.380. The smallest absolute Gasteiger partial charge is 0.311 e. The van der Waals surface area contributed by atoms with Crippen molar-refractivity contribution in [3.05, 3.63) is 0 Å². The van der Waals surface area contributed by atoms with Gasteiger partial charge in [-0.1, -0.05) is 27.7 Å². The van der Waals surface area contributed by atoms with Crippen molar-refractivity contribution in [3.63, 3.8) is 0 Å². The van der Waals surface area contributed by atoms with Crippen LogP contribution in [-0.4, -0.2) is 25.2 Å². The molecular weight excluding hydrogens is 308 g/mol. The third-order valence-electron chi connectivity index (χ3n) is 4.35. The average Bonchev–Trinajstić information content (AvgIpc) is 2.45. The maximum atomic E-state index is 6.65. The van der Waals surface area contributed by atoms with Gasteiger partial charge in [-0.15, -0.1) is 24.7 Å². The van der Waals surface area contributed by atoms with Crippen LogP contribution in [-0.2, 0) is 8.23 Å². The molecule has 0 aromatic rings. The molecule has 0 spiro atoms. The molecule has 0 saturated carbocycles. The van der Waals surface area contributed by atoms with E-state index >= 15 is 0 Å².